The second-order valence-corrected chi connectivity index (χ2v) is 6.05. The predicted molar refractivity (Wildman–Crippen MR) is 96.2 cm³/mol. The van der Waals surface area contributed by atoms with E-state index in [9.17, 15) is 4.79 Å². The van der Waals surface area contributed by atoms with Crippen LogP contribution in [0.4, 0.5) is 0 Å². The molecule has 0 aliphatic carbocycles. The van der Waals surface area contributed by atoms with E-state index >= 15 is 0 Å². The molecular formula is C19H17NO4S. The van der Waals surface area contributed by atoms with Crippen LogP contribution in [0.5, 0.6) is 11.5 Å². The van der Waals surface area contributed by atoms with Gasteiger partial charge in [-0.15, -0.1) is 11.3 Å². The minimum Gasteiger partial charge on any atom is -0.493 e. The lowest BCUT2D eigenvalue weighted by molar-refractivity contribution is 0.0601. The zero-order valence-electron chi connectivity index (χ0n) is 13.9. The molecule has 25 heavy (non-hydrogen) atoms. The SMILES string of the molecule is COC(=O)c1cc(OCc2ccccc2)c(OC)cc1-c1nccs1. The molecule has 0 aliphatic heterocycles. The highest BCUT2D eigenvalue weighted by atomic mass is 32.1. The molecule has 3 rings (SSSR count). The normalized spacial score (nSPS) is 10.3. The van der Waals surface area contributed by atoms with Crippen LogP contribution in [0.25, 0.3) is 10.6 Å². The van der Waals surface area contributed by atoms with E-state index in [1.807, 2.05) is 35.7 Å². The number of carbonyl (C=O) groups excluding carboxylic acids is 1. The summed E-state index contributed by atoms with van der Waals surface area (Å²) in [6.07, 6.45) is 1.69. The molecule has 0 aliphatic rings. The number of hydrogen-bond donors (Lipinski definition) is 0. The molecule has 128 valence electrons. The first-order valence-electron chi connectivity index (χ1n) is 7.60. The summed E-state index contributed by atoms with van der Waals surface area (Å²) < 4.78 is 16.2. The zero-order chi connectivity index (χ0) is 17.6. The summed E-state index contributed by atoms with van der Waals surface area (Å²) in [6, 6.07) is 13.2. The molecule has 0 saturated carbocycles. The first-order valence-corrected chi connectivity index (χ1v) is 8.48. The highest BCUT2D eigenvalue weighted by Crippen LogP contribution is 2.37. The van der Waals surface area contributed by atoms with Gasteiger partial charge in [0.2, 0.25) is 0 Å². The van der Waals surface area contributed by atoms with Crippen molar-refractivity contribution in [2.45, 2.75) is 6.61 Å². The number of carbonyl (C=O) groups is 1. The van der Waals surface area contributed by atoms with Gasteiger partial charge in [-0.25, -0.2) is 9.78 Å². The standard InChI is InChI=1S/C19H17NO4S/c1-22-16-10-14(18-20-8-9-25-18)15(19(21)23-2)11-17(16)24-12-13-6-4-3-5-7-13/h3-11H,12H2,1-2H3. The average molecular weight is 355 g/mol. The molecule has 2 aromatic carbocycles. The second-order valence-electron chi connectivity index (χ2n) is 5.15. The number of esters is 1. The van der Waals surface area contributed by atoms with Gasteiger partial charge < -0.3 is 14.2 Å². The third-order valence-electron chi connectivity index (χ3n) is 3.61. The Kier molecular flexibility index (Phi) is 5.30. The smallest absolute Gasteiger partial charge is 0.338 e. The van der Waals surface area contributed by atoms with E-state index in [2.05, 4.69) is 4.98 Å². The van der Waals surface area contributed by atoms with E-state index in [0.29, 0.717) is 34.2 Å². The van der Waals surface area contributed by atoms with Crippen LogP contribution in [0.15, 0.2) is 54.0 Å². The lowest BCUT2D eigenvalue weighted by atomic mass is 10.1. The van der Waals surface area contributed by atoms with Crippen LogP contribution < -0.4 is 9.47 Å². The van der Waals surface area contributed by atoms with Crippen molar-refractivity contribution in [3.05, 3.63) is 65.2 Å². The number of nitrogens with zero attached hydrogens (tertiary/aromatic N) is 1. The minimum absolute atomic E-state index is 0.369. The number of thiazole rings is 1. The Hall–Kier alpha value is -2.86. The van der Waals surface area contributed by atoms with E-state index in [1.165, 1.54) is 18.4 Å². The highest BCUT2D eigenvalue weighted by Gasteiger charge is 2.20. The van der Waals surface area contributed by atoms with E-state index in [0.717, 1.165) is 5.56 Å². The Morgan fingerprint density at radius 3 is 2.56 bits per heavy atom. The zero-order valence-corrected chi connectivity index (χ0v) is 14.7. The molecule has 1 heterocycles. The molecular weight excluding hydrogens is 338 g/mol. The number of benzene rings is 2. The summed E-state index contributed by atoms with van der Waals surface area (Å²) in [7, 11) is 2.91. The third-order valence-corrected chi connectivity index (χ3v) is 4.42. The first kappa shape index (κ1) is 17.0. The van der Waals surface area contributed by atoms with Gasteiger partial charge in [-0.2, -0.15) is 0 Å². The van der Waals surface area contributed by atoms with Crippen LogP contribution >= 0.6 is 11.3 Å². The van der Waals surface area contributed by atoms with Gasteiger partial charge >= 0.3 is 5.97 Å². The number of rotatable bonds is 6. The summed E-state index contributed by atoms with van der Waals surface area (Å²) in [5, 5.41) is 2.57. The van der Waals surface area contributed by atoms with Gasteiger partial charge in [0, 0.05) is 17.1 Å². The van der Waals surface area contributed by atoms with E-state index < -0.39 is 5.97 Å². The number of methoxy groups -OCH3 is 2. The second kappa shape index (κ2) is 7.81. The molecule has 0 atom stereocenters. The lowest BCUT2D eigenvalue weighted by Crippen LogP contribution is -2.06. The monoisotopic (exact) mass is 355 g/mol. The minimum atomic E-state index is -0.447. The quantitative estimate of drug-likeness (QED) is 0.621. The average Bonchev–Trinajstić information content (AvgIpc) is 3.20. The molecule has 3 aromatic rings. The molecule has 0 unspecified atom stereocenters. The van der Waals surface area contributed by atoms with Gasteiger partial charge in [0.25, 0.3) is 0 Å². The summed E-state index contributed by atoms with van der Waals surface area (Å²) in [5.41, 5.74) is 2.07. The lowest BCUT2D eigenvalue weighted by Gasteiger charge is -2.14. The van der Waals surface area contributed by atoms with Crippen LogP contribution in [0.2, 0.25) is 0 Å². The van der Waals surface area contributed by atoms with Crippen LogP contribution in [0.1, 0.15) is 15.9 Å². The highest BCUT2D eigenvalue weighted by molar-refractivity contribution is 7.13. The van der Waals surface area contributed by atoms with Crippen molar-refractivity contribution in [3.8, 4) is 22.1 Å². The molecule has 6 heteroatoms. The summed E-state index contributed by atoms with van der Waals surface area (Å²) in [4.78, 5) is 16.5. The van der Waals surface area contributed by atoms with Crippen molar-refractivity contribution < 1.29 is 19.0 Å². The summed E-state index contributed by atoms with van der Waals surface area (Å²) in [5.74, 6) is 0.568. The van der Waals surface area contributed by atoms with Crippen molar-refractivity contribution in [1.29, 1.82) is 0 Å². The molecule has 0 radical (unpaired) electrons. The van der Waals surface area contributed by atoms with E-state index in [4.69, 9.17) is 14.2 Å². The molecule has 0 saturated heterocycles. The van der Waals surface area contributed by atoms with Crippen LogP contribution in [0.3, 0.4) is 0 Å². The predicted octanol–water partition coefficient (Wildman–Crippen LogP) is 4.18. The van der Waals surface area contributed by atoms with Crippen molar-refractivity contribution in [3.63, 3.8) is 0 Å². The van der Waals surface area contributed by atoms with Crippen molar-refractivity contribution in [2.75, 3.05) is 14.2 Å². The Bertz CT molecular complexity index is 847. The van der Waals surface area contributed by atoms with Crippen LogP contribution in [0, 0.1) is 0 Å². The molecule has 0 bridgehead atoms. The van der Waals surface area contributed by atoms with Crippen LogP contribution in [-0.2, 0) is 11.3 Å². The Labute approximate surface area is 149 Å². The maximum Gasteiger partial charge on any atom is 0.338 e. The largest absolute Gasteiger partial charge is 0.493 e. The van der Waals surface area contributed by atoms with Gasteiger partial charge in [0.1, 0.15) is 11.6 Å². The van der Waals surface area contributed by atoms with Crippen molar-refractivity contribution >= 4 is 17.3 Å². The molecule has 5 nitrogen and oxygen atoms in total. The van der Waals surface area contributed by atoms with Gasteiger partial charge in [0.05, 0.1) is 19.8 Å². The van der Waals surface area contributed by atoms with E-state index in [-0.39, 0.29) is 0 Å². The fraction of sp³-hybridized carbons (Fsp3) is 0.158. The number of hydrogen-bond acceptors (Lipinski definition) is 6. The van der Waals surface area contributed by atoms with Gasteiger partial charge in [0.15, 0.2) is 11.5 Å². The maximum absolute atomic E-state index is 12.2. The Morgan fingerprint density at radius 1 is 1.12 bits per heavy atom. The summed E-state index contributed by atoms with van der Waals surface area (Å²) in [6.45, 7) is 0.369. The van der Waals surface area contributed by atoms with Gasteiger partial charge in [-0.3, -0.25) is 0 Å². The fourth-order valence-corrected chi connectivity index (χ4v) is 3.05. The van der Waals surface area contributed by atoms with Crippen molar-refractivity contribution in [2.24, 2.45) is 0 Å². The first-order chi connectivity index (χ1) is 12.2. The topological polar surface area (TPSA) is 57.7 Å². The maximum atomic E-state index is 12.2. The molecule has 0 fully saturated rings. The van der Waals surface area contributed by atoms with E-state index in [1.54, 1.807) is 25.4 Å². The molecule has 0 spiro atoms. The molecule has 0 amide bonds. The van der Waals surface area contributed by atoms with Crippen LogP contribution in [-0.4, -0.2) is 25.2 Å². The van der Waals surface area contributed by atoms with Gasteiger partial charge in [-0.05, 0) is 17.7 Å². The van der Waals surface area contributed by atoms with Crippen molar-refractivity contribution in [1.82, 2.24) is 4.98 Å². The molecule has 1 aromatic heterocycles. The Morgan fingerprint density at radius 2 is 1.92 bits per heavy atom. The fourth-order valence-electron chi connectivity index (χ4n) is 2.38. The van der Waals surface area contributed by atoms with Gasteiger partial charge in [-0.1, -0.05) is 30.3 Å². The number of aromatic nitrogens is 1. The number of ether oxygens (including phenoxy) is 3. The Balaban J connectivity index is 1.99. The summed E-state index contributed by atoms with van der Waals surface area (Å²) >= 11 is 1.44. The molecule has 0 N–H and O–H groups in total. The third kappa shape index (κ3) is 3.80.